The van der Waals surface area contributed by atoms with Gasteiger partial charge in [-0.05, 0) is 42.7 Å². The molecule has 0 bridgehead atoms. The van der Waals surface area contributed by atoms with E-state index in [4.69, 9.17) is 0 Å². The van der Waals surface area contributed by atoms with E-state index in [9.17, 15) is 13.9 Å². The molecule has 1 aromatic carbocycles. The molecule has 3 heteroatoms. The van der Waals surface area contributed by atoms with Crippen molar-refractivity contribution in [2.24, 2.45) is 11.8 Å². The summed E-state index contributed by atoms with van der Waals surface area (Å²) in [7, 11) is 0. The lowest BCUT2D eigenvalue weighted by atomic mass is 9.71. The Labute approximate surface area is 113 Å². The molecule has 2 unspecified atom stereocenters. The maximum Gasteiger partial charge on any atom is 0.162 e. The Morgan fingerprint density at radius 1 is 1.37 bits per heavy atom. The van der Waals surface area contributed by atoms with Crippen molar-refractivity contribution in [1.29, 1.82) is 0 Å². The lowest BCUT2D eigenvalue weighted by Gasteiger charge is -2.38. The van der Waals surface area contributed by atoms with Crippen LogP contribution in [-0.2, 0) is 6.42 Å². The van der Waals surface area contributed by atoms with Gasteiger partial charge in [0.1, 0.15) is 0 Å². The number of rotatable bonds is 3. The van der Waals surface area contributed by atoms with Gasteiger partial charge >= 0.3 is 0 Å². The molecule has 1 aliphatic rings. The second-order valence-corrected chi connectivity index (χ2v) is 6.21. The smallest absolute Gasteiger partial charge is 0.162 e. The number of benzene rings is 1. The van der Waals surface area contributed by atoms with Crippen molar-refractivity contribution in [2.45, 2.75) is 51.6 Å². The first kappa shape index (κ1) is 14.4. The van der Waals surface area contributed by atoms with Crippen molar-refractivity contribution in [1.82, 2.24) is 0 Å². The van der Waals surface area contributed by atoms with Gasteiger partial charge in [-0.15, -0.1) is 0 Å². The highest BCUT2D eigenvalue weighted by molar-refractivity contribution is 5.21. The molecule has 0 aromatic heterocycles. The predicted octanol–water partition coefficient (Wildman–Crippen LogP) is 4.08. The standard InChI is InChI=1S/C16H22F2O/c1-11(2)12-6-4-8-16(19,9-12)10-13-5-3-7-14(17)15(13)18/h3,5,7,11-12,19H,4,6,8-10H2,1-2H3. The Hall–Kier alpha value is -0.960. The zero-order valence-electron chi connectivity index (χ0n) is 11.6. The van der Waals surface area contributed by atoms with Crippen LogP contribution < -0.4 is 0 Å². The fraction of sp³-hybridized carbons (Fsp3) is 0.625. The van der Waals surface area contributed by atoms with E-state index >= 15 is 0 Å². The molecule has 0 heterocycles. The zero-order chi connectivity index (χ0) is 14.0. The molecule has 1 nitrogen and oxygen atoms in total. The Kier molecular flexibility index (Phi) is 4.24. The molecule has 0 amide bonds. The maximum atomic E-state index is 13.7. The highest BCUT2D eigenvalue weighted by Gasteiger charge is 2.36. The summed E-state index contributed by atoms with van der Waals surface area (Å²) < 4.78 is 26.9. The molecule has 1 aromatic rings. The van der Waals surface area contributed by atoms with E-state index < -0.39 is 17.2 Å². The van der Waals surface area contributed by atoms with Gasteiger partial charge in [-0.2, -0.15) is 0 Å². The quantitative estimate of drug-likeness (QED) is 0.875. The molecule has 2 rings (SSSR count). The molecule has 1 fully saturated rings. The van der Waals surface area contributed by atoms with Gasteiger partial charge in [0, 0.05) is 6.42 Å². The minimum atomic E-state index is -0.887. The lowest BCUT2D eigenvalue weighted by Crippen LogP contribution is -2.39. The van der Waals surface area contributed by atoms with Crippen LogP contribution in [0.15, 0.2) is 18.2 Å². The average Bonchev–Trinajstić information content (AvgIpc) is 2.35. The number of hydrogen-bond donors (Lipinski definition) is 1. The van der Waals surface area contributed by atoms with E-state index in [1.165, 1.54) is 6.07 Å². The fourth-order valence-electron chi connectivity index (χ4n) is 3.15. The molecule has 1 N–H and O–H groups in total. The van der Waals surface area contributed by atoms with E-state index in [1.807, 2.05) is 0 Å². The first-order valence-corrected chi connectivity index (χ1v) is 7.06. The lowest BCUT2D eigenvalue weighted by molar-refractivity contribution is -0.0246. The number of halogens is 2. The van der Waals surface area contributed by atoms with Crippen molar-refractivity contribution in [3.8, 4) is 0 Å². The molecule has 0 radical (unpaired) electrons. The SMILES string of the molecule is CC(C)C1CCCC(O)(Cc2cccc(F)c2F)C1. The van der Waals surface area contributed by atoms with E-state index in [0.717, 1.165) is 18.9 Å². The monoisotopic (exact) mass is 268 g/mol. The summed E-state index contributed by atoms with van der Waals surface area (Å²) in [5.74, 6) is -0.667. The highest BCUT2D eigenvalue weighted by atomic mass is 19.2. The third-order valence-electron chi connectivity index (χ3n) is 4.35. The minimum Gasteiger partial charge on any atom is -0.390 e. The van der Waals surface area contributed by atoms with E-state index in [0.29, 0.717) is 24.7 Å². The van der Waals surface area contributed by atoms with Crippen LogP contribution in [0.5, 0.6) is 0 Å². The van der Waals surface area contributed by atoms with E-state index in [2.05, 4.69) is 13.8 Å². The van der Waals surface area contributed by atoms with Crippen LogP contribution in [0.4, 0.5) is 8.78 Å². The summed E-state index contributed by atoms with van der Waals surface area (Å²) in [6, 6.07) is 4.18. The summed E-state index contributed by atoms with van der Waals surface area (Å²) in [6.07, 6.45) is 3.63. The summed E-state index contributed by atoms with van der Waals surface area (Å²) in [5, 5.41) is 10.7. The molecule has 1 aliphatic carbocycles. The number of aliphatic hydroxyl groups is 1. The topological polar surface area (TPSA) is 20.2 Å². The van der Waals surface area contributed by atoms with Crippen LogP contribution in [0.25, 0.3) is 0 Å². The van der Waals surface area contributed by atoms with Gasteiger partial charge < -0.3 is 5.11 Å². The van der Waals surface area contributed by atoms with Crippen molar-refractivity contribution >= 4 is 0 Å². The highest BCUT2D eigenvalue weighted by Crippen LogP contribution is 2.38. The molecule has 2 atom stereocenters. The normalized spacial score (nSPS) is 27.8. The van der Waals surface area contributed by atoms with Crippen molar-refractivity contribution in [3.63, 3.8) is 0 Å². The van der Waals surface area contributed by atoms with Crippen LogP contribution in [0.2, 0.25) is 0 Å². The molecule has 0 saturated heterocycles. The largest absolute Gasteiger partial charge is 0.390 e. The molecular weight excluding hydrogens is 246 g/mol. The minimum absolute atomic E-state index is 0.208. The van der Waals surface area contributed by atoms with Crippen molar-refractivity contribution in [3.05, 3.63) is 35.4 Å². The third kappa shape index (κ3) is 3.33. The van der Waals surface area contributed by atoms with Gasteiger partial charge in [0.25, 0.3) is 0 Å². The van der Waals surface area contributed by atoms with Crippen molar-refractivity contribution in [2.75, 3.05) is 0 Å². The van der Waals surface area contributed by atoms with Gasteiger partial charge in [0.2, 0.25) is 0 Å². The van der Waals surface area contributed by atoms with Gasteiger partial charge in [0.15, 0.2) is 11.6 Å². The summed E-state index contributed by atoms with van der Waals surface area (Å²) in [4.78, 5) is 0. The predicted molar refractivity (Wildman–Crippen MR) is 71.8 cm³/mol. The van der Waals surface area contributed by atoms with Gasteiger partial charge in [-0.1, -0.05) is 32.4 Å². The molecule has 0 aliphatic heterocycles. The Morgan fingerprint density at radius 3 is 2.79 bits per heavy atom. The van der Waals surface area contributed by atoms with Gasteiger partial charge in [0.05, 0.1) is 5.60 Å². The van der Waals surface area contributed by atoms with Crippen LogP contribution in [0.3, 0.4) is 0 Å². The summed E-state index contributed by atoms with van der Waals surface area (Å²) in [5.41, 5.74) is -0.603. The molecule has 0 spiro atoms. The average molecular weight is 268 g/mol. The van der Waals surface area contributed by atoms with Crippen molar-refractivity contribution < 1.29 is 13.9 Å². The summed E-state index contributed by atoms with van der Waals surface area (Å²) >= 11 is 0. The van der Waals surface area contributed by atoms with Crippen LogP contribution in [-0.4, -0.2) is 10.7 Å². The second-order valence-electron chi connectivity index (χ2n) is 6.21. The number of hydrogen-bond acceptors (Lipinski definition) is 1. The van der Waals surface area contributed by atoms with Crippen LogP contribution >= 0.6 is 0 Å². The van der Waals surface area contributed by atoms with Gasteiger partial charge in [-0.25, -0.2) is 8.78 Å². The Morgan fingerprint density at radius 2 is 2.11 bits per heavy atom. The fourth-order valence-corrected chi connectivity index (χ4v) is 3.15. The summed E-state index contributed by atoms with van der Waals surface area (Å²) in [6.45, 7) is 4.30. The third-order valence-corrected chi connectivity index (χ3v) is 4.35. The Balaban J connectivity index is 2.14. The first-order chi connectivity index (χ1) is 8.91. The molecule has 19 heavy (non-hydrogen) atoms. The van der Waals surface area contributed by atoms with Crippen LogP contribution in [0, 0.1) is 23.5 Å². The Bertz CT molecular complexity index is 444. The first-order valence-electron chi connectivity index (χ1n) is 7.06. The van der Waals surface area contributed by atoms with Crippen LogP contribution in [0.1, 0.15) is 45.1 Å². The molecule has 1 saturated carbocycles. The van der Waals surface area contributed by atoms with E-state index in [1.54, 1.807) is 6.07 Å². The second kappa shape index (κ2) is 5.58. The van der Waals surface area contributed by atoms with E-state index in [-0.39, 0.29) is 12.0 Å². The zero-order valence-corrected chi connectivity index (χ0v) is 11.6. The molecular formula is C16H22F2O. The maximum absolute atomic E-state index is 13.7. The molecule has 106 valence electrons. The van der Waals surface area contributed by atoms with Gasteiger partial charge in [-0.3, -0.25) is 0 Å².